The number of nitrogens with one attached hydrogen (secondary N) is 1. The van der Waals surface area contributed by atoms with Gasteiger partial charge >= 0.3 is 0 Å². The number of aryl methyl sites for hydroxylation is 1. The van der Waals surface area contributed by atoms with Crippen molar-refractivity contribution in [1.82, 2.24) is 15.1 Å². The third-order valence-electron chi connectivity index (χ3n) is 4.51. The summed E-state index contributed by atoms with van der Waals surface area (Å²) in [5.41, 5.74) is 1.21. The molecule has 0 aliphatic carbocycles. The highest BCUT2D eigenvalue weighted by Gasteiger charge is 2.17. The highest BCUT2D eigenvalue weighted by atomic mass is 127. The summed E-state index contributed by atoms with van der Waals surface area (Å²) < 4.78 is 11.2. The number of rotatable bonds is 8. The number of likely N-dealkylation sites (N-methyl/N-ethyl adjacent to an activating group) is 2. The summed E-state index contributed by atoms with van der Waals surface area (Å²) in [7, 11) is 5.43. The molecule has 1 aliphatic heterocycles. The van der Waals surface area contributed by atoms with Crippen molar-refractivity contribution >= 4 is 35.8 Å². The van der Waals surface area contributed by atoms with Crippen molar-refractivity contribution in [3.8, 4) is 5.75 Å². The van der Waals surface area contributed by atoms with E-state index in [1.54, 1.807) is 19.0 Å². The molecule has 2 rings (SSSR count). The van der Waals surface area contributed by atoms with Gasteiger partial charge in [-0.05, 0) is 25.5 Å². The summed E-state index contributed by atoms with van der Waals surface area (Å²) in [4.78, 5) is 19.9. The van der Waals surface area contributed by atoms with E-state index in [1.807, 2.05) is 36.2 Å². The van der Waals surface area contributed by atoms with Crippen LogP contribution >= 0.6 is 24.0 Å². The lowest BCUT2D eigenvalue weighted by Crippen LogP contribution is -2.43. The Kier molecular flexibility index (Phi) is 11.2. The van der Waals surface area contributed by atoms with Gasteiger partial charge in [-0.2, -0.15) is 0 Å². The Hall–Kier alpha value is -1.55. The molecule has 0 bridgehead atoms. The van der Waals surface area contributed by atoms with E-state index < -0.39 is 0 Å². The van der Waals surface area contributed by atoms with Gasteiger partial charge in [-0.15, -0.1) is 24.0 Å². The molecule has 0 aromatic heterocycles. The summed E-state index contributed by atoms with van der Waals surface area (Å²) in [5.74, 6) is 2.02. The number of benzene rings is 1. The van der Waals surface area contributed by atoms with Crippen LogP contribution in [0.3, 0.4) is 0 Å². The Bertz CT molecular complexity index is 616. The van der Waals surface area contributed by atoms with E-state index in [1.165, 1.54) is 5.56 Å². The van der Waals surface area contributed by atoms with Crippen LogP contribution in [0.4, 0.5) is 0 Å². The van der Waals surface area contributed by atoms with Gasteiger partial charge in [0.05, 0.1) is 13.2 Å². The Morgan fingerprint density at radius 2 is 2.00 bits per heavy atom. The number of aliphatic imine (C=N–C) groups is 1. The molecule has 1 aliphatic rings. The van der Waals surface area contributed by atoms with Crippen molar-refractivity contribution in [2.75, 3.05) is 60.6 Å². The fraction of sp³-hybridized carbons (Fsp3) is 0.600. The second-order valence-corrected chi connectivity index (χ2v) is 7.12. The Morgan fingerprint density at radius 3 is 2.61 bits per heavy atom. The Labute approximate surface area is 185 Å². The normalized spacial score (nSPS) is 16.3. The van der Waals surface area contributed by atoms with Crippen molar-refractivity contribution in [2.45, 2.75) is 13.3 Å². The molecule has 0 spiro atoms. The maximum absolute atomic E-state index is 11.9. The van der Waals surface area contributed by atoms with E-state index in [0.717, 1.165) is 31.9 Å². The SMILES string of the molecule is Cc1ccc(OCCN(C)C(=NCC(=O)N(C)C)NCC2CCOC2)cc1.I. The van der Waals surface area contributed by atoms with Crippen LogP contribution in [-0.2, 0) is 9.53 Å². The monoisotopic (exact) mass is 504 g/mol. The number of halogens is 1. The molecule has 1 N–H and O–H groups in total. The average molecular weight is 504 g/mol. The van der Waals surface area contributed by atoms with Gasteiger partial charge in [-0.3, -0.25) is 4.79 Å². The first kappa shape index (κ1) is 24.5. The number of nitrogens with zero attached hydrogens (tertiary/aromatic N) is 3. The number of carbonyl (C=O) groups excluding carboxylic acids is 1. The molecule has 1 saturated heterocycles. The van der Waals surface area contributed by atoms with E-state index in [-0.39, 0.29) is 36.4 Å². The zero-order valence-corrected chi connectivity index (χ0v) is 19.6. The van der Waals surface area contributed by atoms with Crippen molar-refractivity contribution in [3.05, 3.63) is 29.8 Å². The maximum atomic E-state index is 11.9. The second kappa shape index (κ2) is 12.8. The molecule has 28 heavy (non-hydrogen) atoms. The highest BCUT2D eigenvalue weighted by molar-refractivity contribution is 14.0. The minimum absolute atomic E-state index is 0. The van der Waals surface area contributed by atoms with E-state index in [0.29, 0.717) is 25.0 Å². The van der Waals surface area contributed by atoms with Gasteiger partial charge < -0.3 is 24.6 Å². The van der Waals surface area contributed by atoms with E-state index >= 15 is 0 Å². The van der Waals surface area contributed by atoms with Crippen LogP contribution in [0.1, 0.15) is 12.0 Å². The zero-order valence-electron chi connectivity index (χ0n) is 17.3. The summed E-state index contributed by atoms with van der Waals surface area (Å²) in [6.45, 7) is 5.76. The third kappa shape index (κ3) is 8.64. The maximum Gasteiger partial charge on any atom is 0.243 e. The number of carbonyl (C=O) groups is 1. The molecule has 8 heteroatoms. The molecule has 1 fully saturated rings. The molecule has 1 aromatic carbocycles. The lowest BCUT2D eigenvalue weighted by Gasteiger charge is -2.24. The van der Waals surface area contributed by atoms with Gasteiger partial charge in [0.1, 0.15) is 18.9 Å². The van der Waals surface area contributed by atoms with Gasteiger partial charge in [0.2, 0.25) is 5.91 Å². The molecular formula is C20H33IN4O3. The van der Waals surface area contributed by atoms with Crippen LogP contribution in [0.5, 0.6) is 5.75 Å². The van der Waals surface area contributed by atoms with Crippen LogP contribution in [0.15, 0.2) is 29.3 Å². The number of ether oxygens (including phenoxy) is 2. The quantitative estimate of drug-likeness (QED) is 0.334. The summed E-state index contributed by atoms with van der Waals surface area (Å²) >= 11 is 0. The van der Waals surface area contributed by atoms with Gasteiger partial charge in [0.15, 0.2) is 5.96 Å². The van der Waals surface area contributed by atoms with Crippen molar-refractivity contribution < 1.29 is 14.3 Å². The second-order valence-electron chi connectivity index (χ2n) is 7.12. The molecule has 0 radical (unpaired) electrons. The standard InChI is InChI=1S/C20H32N4O3.HI/c1-16-5-7-18(8-6-16)27-12-10-24(4)20(22-14-19(25)23(2)3)21-13-17-9-11-26-15-17;/h5-8,17H,9-15H2,1-4H3,(H,21,22);1H. The lowest BCUT2D eigenvalue weighted by atomic mass is 10.1. The summed E-state index contributed by atoms with van der Waals surface area (Å²) in [5, 5.41) is 3.38. The largest absolute Gasteiger partial charge is 0.492 e. The molecule has 158 valence electrons. The molecule has 1 amide bonds. The van der Waals surface area contributed by atoms with Gasteiger partial charge in [0.25, 0.3) is 0 Å². The van der Waals surface area contributed by atoms with Crippen molar-refractivity contribution in [1.29, 1.82) is 0 Å². The van der Waals surface area contributed by atoms with Crippen molar-refractivity contribution in [2.24, 2.45) is 10.9 Å². The van der Waals surface area contributed by atoms with E-state index in [4.69, 9.17) is 9.47 Å². The van der Waals surface area contributed by atoms with Crippen molar-refractivity contribution in [3.63, 3.8) is 0 Å². The van der Waals surface area contributed by atoms with Crippen LogP contribution in [0, 0.1) is 12.8 Å². The number of guanidine groups is 1. The predicted molar refractivity (Wildman–Crippen MR) is 123 cm³/mol. The van der Waals surface area contributed by atoms with E-state index in [9.17, 15) is 4.79 Å². The van der Waals surface area contributed by atoms with Gasteiger partial charge in [0, 0.05) is 40.2 Å². The predicted octanol–water partition coefficient (Wildman–Crippen LogP) is 1.99. The van der Waals surface area contributed by atoms with Crippen LogP contribution in [0.25, 0.3) is 0 Å². The molecular weight excluding hydrogens is 471 g/mol. The van der Waals surface area contributed by atoms with E-state index in [2.05, 4.69) is 17.2 Å². The number of hydrogen-bond donors (Lipinski definition) is 1. The van der Waals surface area contributed by atoms with Gasteiger partial charge in [-0.1, -0.05) is 17.7 Å². The molecule has 1 heterocycles. The van der Waals surface area contributed by atoms with Gasteiger partial charge in [-0.25, -0.2) is 4.99 Å². The number of amides is 1. The van der Waals surface area contributed by atoms with Crippen LogP contribution < -0.4 is 10.1 Å². The molecule has 1 aromatic rings. The van der Waals surface area contributed by atoms with Crippen LogP contribution in [0.2, 0.25) is 0 Å². The first-order valence-electron chi connectivity index (χ1n) is 9.42. The minimum atomic E-state index is -0.0252. The molecule has 7 nitrogen and oxygen atoms in total. The minimum Gasteiger partial charge on any atom is -0.492 e. The lowest BCUT2D eigenvalue weighted by molar-refractivity contribution is -0.127. The average Bonchev–Trinajstić information content (AvgIpc) is 3.16. The fourth-order valence-corrected chi connectivity index (χ4v) is 2.62. The smallest absolute Gasteiger partial charge is 0.243 e. The molecule has 1 unspecified atom stereocenters. The summed E-state index contributed by atoms with van der Waals surface area (Å²) in [6.07, 6.45) is 1.05. The molecule has 1 atom stereocenters. The molecule has 0 saturated carbocycles. The fourth-order valence-electron chi connectivity index (χ4n) is 2.62. The highest BCUT2D eigenvalue weighted by Crippen LogP contribution is 2.12. The Morgan fingerprint density at radius 1 is 1.29 bits per heavy atom. The Balaban J connectivity index is 0.00000392. The third-order valence-corrected chi connectivity index (χ3v) is 4.51. The number of hydrogen-bond acceptors (Lipinski definition) is 4. The van der Waals surface area contributed by atoms with Crippen LogP contribution in [-0.4, -0.2) is 82.3 Å². The summed E-state index contributed by atoms with van der Waals surface area (Å²) in [6, 6.07) is 8.00. The zero-order chi connectivity index (χ0) is 19.6. The first-order chi connectivity index (χ1) is 13.0. The topological polar surface area (TPSA) is 66.4 Å². The first-order valence-corrected chi connectivity index (χ1v) is 9.42.